The molecule has 7 heteroatoms. The Labute approximate surface area is 157 Å². The van der Waals surface area contributed by atoms with E-state index in [-0.39, 0.29) is 12.3 Å². The summed E-state index contributed by atoms with van der Waals surface area (Å²) in [5.74, 6) is 1.28. The number of carbonyl (C=O) groups excluding carboxylic acids is 1. The minimum atomic E-state index is -0.636. The fraction of sp³-hybridized carbons (Fsp3) is 0.550. The molecule has 0 bridgehead atoms. The lowest BCUT2D eigenvalue weighted by molar-refractivity contribution is 0.0994. The van der Waals surface area contributed by atoms with Gasteiger partial charge in [-0.15, -0.1) is 0 Å². The summed E-state index contributed by atoms with van der Waals surface area (Å²) in [5, 5.41) is 13.6. The molecule has 0 aliphatic heterocycles. The Hall–Kier alpha value is -2.41. The Morgan fingerprint density at radius 3 is 2.67 bits per heavy atom. The van der Waals surface area contributed by atoms with Crippen LogP contribution in [-0.2, 0) is 5.41 Å². The van der Waals surface area contributed by atoms with Crippen molar-refractivity contribution in [2.45, 2.75) is 50.9 Å². The molecule has 2 fully saturated rings. The van der Waals surface area contributed by atoms with E-state index in [1.807, 2.05) is 19.9 Å². The van der Waals surface area contributed by atoms with E-state index < -0.39 is 11.3 Å². The minimum absolute atomic E-state index is 0.0683. The number of ether oxygens (including phenoxy) is 1. The van der Waals surface area contributed by atoms with E-state index in [0.717, 1.165) is 18.4 Å². The number of aliphatic hydroxyl groups is 1. The van der Waals surface area contributed by atoms with Crippen molar-refractivity contribution >= 4 is 5.91 Å². The van der Waals surface area contributed by atoms with Crippen LogP contribution in [0.15, 0.2) is 16.7 Å². The van der Waals surface area contributed by atoms with Gasteiger partial charge in [0.2, 0.25) is 5.88 Å². The van der Waals surface area contributed by atoms with Crippen LogP contribution < -0.4 is 10.5 Å². The lowest BCUT2D eigenvalue weighted by atomic mass is 9.90. The average molecular weight is 371 g/mol. The smallest absolute Gasteiger partial charge is 0.268 e. The van der Waals surface area contributed by atoms with Crippen LogP contribution in [0.1, 0.15) is 67.2 Å². The average Bonchev–Trinajstić information content (AvgIpc) is 3.57. The van der Waals surface area contributed by atoms with Gasteiger partial charge in [-0.05, 0) is 43.6 Å². The molecule has 144 valence electrons. The number of hydrogen-bond donors (Lipinski definition) is 2. The number of pyridine rings is 1. The van der Waals surface area contributed by atoms with Crippen LogP contribution in [0, 0.1) is 5.92 Å². The van der Waals surface area contributed by atoms with Gasteiger partial charge >= 0.3 is 0 Å². The normalized spacial score (nSPS) is 17.1. The van der Waals surface area contributed by atoms with Crippen LogP contribution in [0.3, 0.4) is 0 Å². The van der Waals surface area contributed by atoms with E-state index in [0.29, 0.717) is 41.3 Å². The number of hydrogen-bond acceptors (Lipinski definition) is 6. The highest BCUT2D eigenvalue weighted by Crippen LogP contribution is 2.46. The first-order chi connectivity index (χ1) is 12.9. The fourth-order valence-electron chi connectivity index (χ4n) is 2.97. The van der Waals surface area contributed by atoms with Crippen molar-refractivity contribution in [1.29, 1.82) is 0 Å². The van der Waals surface area contributed by atoms with Crippen molar-refractivity contribution in [3.8, 4) is 17.2 Å². The SMILES string of the molecule is CC(C)(CO)c1cc(-c2cc(C3CC3)c(OCC3CC3)nc2C(N)=O)on1. The number of aromatic nitrogens is 2. The molecule has 7 nitrogen and oxygen atoms in total. The third kappa shape index (κ3) is 3.69. The summed E-state index contributed by atoms with van der Waals surface area (Å²) in [4.78, 5) is 16.5. The van der Waals surface area contributed by atoms with E-state index >= 15 is 0 Å². The number of carbonyl (C=O) groups is 1. The number of primary amides is 1. The maximum absolute atomic E-state index is 12.1. The third-order valence-electron chi connectivity index (χ3n) is 5.28. The monoisotopic (exact) mass is 371 g/mol. The molecular formula is C20H25N3O4. The number of aliphatic hydroxyl groups excluding tert-OH is 1. The molecule has 0 unspecified atom stereocenters. The van der Waals surface area contributed by atoms with Crippen molar-refractivity contribution < 1.29 is 19.2 Å². The lowest BCUT2D eigenvalue weighted by Crippen LogP contribution is -2.22. The van der Waals surface area contributed by atoms with Gasteiger partial charge < -0.3 is 20.1 Å². The molecule has 2 aromatic rings. The van der Waals surface area contributed by atoms with Crippen LogP contribution in [0.2, 0.25) is 0 Å². The van der Waals surface area contributed by atoms with Crippen molar-refractivity contribution in [1.82, 2.24) is 10.1 Å². The lowest BCUT2D eigenvalue weighted by Gasteiger charge is -2.17. The zero-order chi connectivity index (χ0) is 19.2. The van der Waals surface area contributed by atoms with Crippen molar-refractivity contribution in [3.05, 3.63) is 29.1 Å². The van der Waals surface area contributed by atoms with Gasteiger partial charge in [0.1, 0.15) is 5.69 Å². The molecule has 3 N–H and O–H groups in total. The van der Waals surface area contributed by atoms with Crippen LogP contribution in [-0.4, -0.2) is 34.4 Å². The second kappa shape index (κ2) is 6.64. The molecule has 0 radical (unpaired) electrons. The van der Waals surface area contributed by atoms with E-state index in [1.165, 1.54) is 12.8 Å². The molecule has 2 aliphatic rings. The van der Waals surface area contributed by atoms with Gasteiger partial charge in [-0.2, -0.15) is 0 Å². The number of nitrogens with two attached hydrogens (primary N) is 1. The summed E-state index contributed by atoms with van der Waals surface area (Å²) in [6, 6.07) is 3.64. The van der Waals surface area contributed by atoms with Gasteiger partial charge in [0.25, 0.3) is 5.91 Å². The predicted molar refractivity (Wildman–Crippen MR) is 98.6 cm³/mol. The Balaban J connectivity index is 1.74. The molecule has 0 spiro atoms. The van der Waals surface area contributed by atoms with Crippen LogP contribution in [0.25, 0.3) is 11.3 Å². The fourth-order valence-corrected chi connectivity index (χ4v) is 2.97. The molecule has 1 amide bonds. The zero-order valence-corrected chi connectivity index (χ0v) is 15.7. The predicted octanol–water partition coefficient (Wildman–Crippen LogP) is 2.77. The van der Waals surface area contributed by atoms with Crippen molar-refractivity contribution in [3.63, 3.8) is 0 Å². The summed E-state index contributed by atoms with van der Waals surface area (Å²) in [6.07, 6.45) is 4.52. The molecule has 2 saturated carbocycles. The Bertz CT molecular complexity index is 866. The van der Waals surface area contributed by atoms with Gasteiger partial charge in [-0.3, -0.25) is 4.79 Å². The summed E-state index contributed by atoms with van der Waals surface area (Å²) in [6.45, 7) is 4.29. The molecule has 2 aromatic heterocycles. The largest absolute Gasteiger partial charge is 0.477 e. The quantitative estimate of drug-likeness (QED) is 0.738. The van der Waals surface area contributed by atoms with Gasteiger partial charge in [-0.25, -0.2) is 4.98 Å². The summed E-state index contributed by atoms with van der Waals surface area (Å²) >= 11 is 0. The Kier molecular flexibility index (Phi) is 4.42. The zero-order valence-electron chi connectivity index (χ0n) is 15.7. The van der Waals surface area contributed by atoms with E-state index in [4.69, 9.17) is 15.0 Å². The number of rotatable bonds is 8. The van der Waals surface area contributed by atoms with E-state index in [9.17, 15) is 9.90 Å². The molecule has 2 aliphatic carbocycles. The number of amides is 1. The first kappa shape index (κ1) is 18.0. The van der Waals surface area contributed by atoms with Gasteiger partial charge in [-0.1, -0.05) is 19.0 Å². The maximum atomic E-state index is 12.1. The standard InChI is InChI=1S/C20H25N3O4/c1-20(2,10-24)16-8-15(27-23-16)14-7-13(12-5-6-12)19(22-17(14)18(21)25)26-9-11-3-4-11/h7-8,11-12,24H,3-6,9-10H2,1-2H3,(H2,21,25). The van der Waals surface area contributed by atoms with Crippen molar-refractivity contribution in [2.75, 3.05) is 13.2 Å². The Morgan fingerprint density at radius 2 is 2.07 bits per heavy atom. The third-order valence-corrected chi connectivity index (χ3v) is 5.28. The van der Waals surface area contributed by atoms with Gasteiger partial charge in [0.15, 0.2) is 5.76 Å². The second-order valence-corrected chi connectivity index (χ2v) is 8.29. The molecule has 4 rings (SSSR count). The highest BCUT2D eigenvalue weighted by Gasteiger charge is 2.32. The van der Waals surface area contributed by atoms with Crippen LogP contribution >= 0.6 is 0 Å². The molecule has 27 heavy (non-hydrogen) atoms. The molecule has 0 saturated heterocycles. The van der Waals surface area contributed by atoms with Gasteiger partial charge in [0.05, 0.1) is 24.5 Å². The summed E-state index contributed by atoms with van der Waals surface area (Å²) in [7, 11) is 0. The first-order valence-electron chi connectivity index (χ1n) is 9.45. The molecule has 2 heterocycles. The highest BCUT2D eigenvalue weighted by molar-refractivity contribution is 5.97. The van der Waals surface area contributed by atoms with E-state index in [1.54, 1.807) is 6.07 Å². The topological polar surface area (TPSA) is 111 Å². The number of nitrogens with zero attached hydrogens (tertiary/aromatic N) is 2. The summed E-state index contributed by atoms with van der Waals surface area (Å²) < 4.78 is 11.4. The second-order valence-electron chi connectivity index (χ2n) is 8.29. The maximum Gasteiger partial charge on any atom is 0.268 e. The Morgan fingerprint density at radius 1 is 1.33 bits per heavy atom. The first-order valence-corrected chi connectivity index (χ1v) is 9.45. The van der Waals surface area contributed by atoms with Crippen LogP contribution in [0.4, 0.5) is 0 Å². The van der Waals surface area contributed by atoms with Crippen molar-refractivity contribution in [2.24, 2.45) is 11.7 Å². The molecule has 0 aromatic carbocycles. The summed E-state index contributed by atoms with van der Waals surface area (Å²) in [5.41, 5.74) is 7.29. The highest BCUT2D eigenvalue weighted by atomic mass is 16.5. The molecular weight excluding hydrogens is 346 g/mol. The minimum Gasteiger partial charge on any atom is -0.477 e. The van der Waals surface area contributed by atoms with Crippen LogP contribution in [0.5, 0.6) is 5.88 Å². The van der Waals surface area contributed by atoms with E-state index in [2.05, 4.69) is 10.1 Å². The molecule has 0 atom stereocenters. The van der Waals surface area contributed by atoms with Gasteiger partial charge in [0, 0.05) is 17.0 Å².